The number of aromatic nitrogens is 2. The van der Waals surface area contributed by atoms with E-state index in [1.807, 2.05) is 36.1 Å². The summed E-state index contributed by atoms with van der Waals surface area (Å²) in [7, 11) is 0. The van der Waals surface area contributed by atoms with Crippen LogP contribution in [0.3, 0.4) is 0 Å². The number of carbonyl (C=O) groups is 1. The average Bonchev–Trinajstić information content (AvgIpc) is 2.63. The third-order valence-electron chi connectivity index (χ3n) is 4.34. The van der Waals surface area contributed by atoms with Crippen molar-refractivity contribution in [2.24, 2.45) is 5.73 Å². The Morgan fingerprint density at radius 3 is 2.48 bits per heavy atom. The van der Waals surface area contributed by atoms with Crippen molar-refractivity contribution >= 4 is 18.3 Å². The van der Waals surface area contributed by atoms with Gasteiger partial charge in [0.1, 0.15) is 11.4 Å². The molecule has 2 heterocycles. The molecule has 1 fully saturated rings. The van der Waals surface area contributed by atoms with E-state index >= 15 is 0 Å². The highest BCUT2D eigenvalue weighted by atomic mass is 35.5. The van der Waals surface area contributed by atoms with Crippen molar-refractivity contribution in [1.29, 1.82) is 0 Å². The fourth-order valence-electron chi connectivity index (χ4n) is 2.94. The van der Waals surface area contributed by atoms with Crippen LogP contribution in [0, 0.1) is 6.92 Å². The molecule has 1 aliphatic rings. The second kappa shape index (κ2) is 8.78. The molecule has 1 aromatic carbocycles. The average molecular weight is 363 g/mol. The number of rotatable bonds is 4. The molecule has 0 spiro atoms. The number of aryl methyl sites for hydroxylation is 1. The normalized spacial score (nSPS) is 14.7. The Balaban J connectivity index is 0.00000225. The molecule has 0 unspecified atom stereocenters. The van der Waals surface area contributed by atoms with Crippen LogP contribution >= 0.6 is 12.4 Å². The summed E-state index contributed by atoms with van der Waals surface area (Å²) in [6.07, 6.45) is 5.01. The van der Waals surface area contributed by atoms with Crippen molar-refractivity contribution in [2.75, 3.05) is 19.6 Å². The Bertz CT molecular complexity index is 700. The highest BCUT2D eigenvalue weighted by Crippen LogP contribution is 2.33. The molecule has 3 rings (SSSR count). The van der Waals surface area contributed by atoms with E-state index in [9.17, 15) is 4.79 Å². The minimum atomic E-state index is 0. The van der Waals surface area contributed by atoms with E-state index in [1.165, 1.54) is 5.56 Å². The van der Waals surface area contributed by atoms with E-state index in [1.54, 1.807) is 12.4 Å². The summed E-state index contributed by atoms with van der Waals surface area (Å²) in [5.41, 5.74) is 7.47. The Morgan fingerprint density at radius 2 is 1.84 bits per heavy atom. The number of carbonyl (C=O) groups excluding carboxylic acids is 1. The molecule has 2 N–H and O–H groups in total. The van der Waals surface area contributed by atoms with Crippen molar-refractivity contribution in [1.82, 2.24) is 14.9 Å². The lowest BCUT2D eigenvalue weighted by Crippen LogP contribution is -2.41. The lowest BCUT2D eigenvalue weighted by molar-refractivity contribution is -0.130. The third-order valence-corrected chi connectivity index (χ3v) is 4.34. The Labute approximate surface area is 153 Å². The van der Waals surface area contributed by atoms with Crippen molar-refractivity contribution < 1.29 is 9.53 Å². The van der Waals surface area contributed by atoms with Crippen LogP contribution in [0.1, 0.15) is 30.0 Å². The summed E-state index contributed by atoms with van der Waals surface area (Å²) < 4.78 is 5.94. The number of hydrogen-bond acceptors (Lipinski definition) is 5. The van der Waals surface area contributed by atoms with Crippen LogP contribution in [-0.2, 0) is 4.79 Å². The van der Waals surface area contributed by atoms with E-state index in [2.05, 4.69) is 9.97 Å². The molecule has 1 aromatic heterocycles. The fourth-order valence-corrected chi connectivity index (χ4v) is 2.94. The van der Waals surface area contributed by atoms with E-state index in [0.29, 0.717) is 19.0 Å². The van der Waals surface area contributed by atoms with Gasteiger partial charge < -0.3 is 15.4 Å². The van der Waals surface area contributed by atoms with Gasteiger partial charge in [-0.2, -0.15) is 0 Å². The van der Waals surface area contributed by atoms with Gasteiger partial charge in [0.25, 0.3) is 0 Å². The quantitative estimate of drug-likeness (QED) is 0.904. The van der Waals surface area contributed by atoms with Crippen molar-refractivity contribution in [3.05, 3.63) is 47.9 Å². The van der Waals surface area contributed by atoms with E-state index in [4.69, 9.17) is 10.5 Å². The Morgan fingerprint density at radius 1 is 1.20 bits per heavy atom. The first-order chi connectivity index (χ1) is 11.7. The second-order valence-electron chi connectivity index (χ2n) is 6.02. The summed E-state index contributed by atoms with van der Waals surface area (Å²) in [5.74, 6) is 1.53. The molecule has 6 nitrogen and oxygen atoms in total. The van der Waals surface area contributed by atoms with Crippen LogP contribution in [0.25, 0.3) is 0 Å². The Kier molecular flexibility index (Phi) is 6.73. The first-order valence-electron chi connectivity index (χ1n) is 8.20. The van der Waals surface area contributed by atoms with Crippen LogP contribution in [0.5, 0.6) is 11.6 Å². The molecule has 134 valence electrons. The highest BCUT2D eigenvalue weighted by molar-refractivity contribution is 5.85. The number of nitrogens with zero attached hydrogens (tertiary/aromatic N) is 3. The maximum absolute atomic E-state index is 11.7. The predicted octanol–water partition coefficient (Wildman–Crippen LogP) is 2.66. The number of halogens is 1. The smallest absolute Gasteiger partial charge is 0.241 e. The van der Waals surface area contributed by atoms with Crippen LogP contribution in [0.4, 0.5) is 0 Å². The monoisotopic (exact) mass is 362 g/mol. The lowest BCUT2D eigenvalue weighted by atomic mass is 9.93. The van der Waals surface area contributed by atoms with Gasteiger partial charge in [-0.05, 0) is 31.9 Å². The summed E-state index contributed by atoms with van der Waals surface area (Å²) in [6.45, 7) is 3.49. The molecule has 0 aliphatic carbocycles. The zero-order valence-corrected chi connectivity index (χ0v) is 15.0. The van der Waals surface area contributed by atoms with Crippen molar-refractivity contribution in [3.8, 4) is 11.6 Å². The van der Waals surface area contributed by atoms with E-state index in [0.717, 1.165) is 24.3 Å². The molecule has 7 heteroatoms. The SMILES string of the molecule is Cc1ccc(Oc2nccnc2C2CCN(C(=O)CN)CC2)cc1.Cl. The van der Waals surface area contributed by atoms with Crippen LogP contribution in [0.15, 0.2) is 36.7 Å². The molecule has 2 aromatic rings. The highest BCUT2D eigenvalue weighted by Gasteiger charge is 2.26. The first kappa shape index (κ1) is 19.1. The Hall–Kier alpha value is -2.18. The van der Waals surface area contributed by atoms with Crippen molar-refractivity contribution in [2.45, 2.75) is 25.7 Å². The maximum Gasteiger partial charge on any atom is 0.241 e. The summed E-state index contributed by atoms with van der Waals surface area (Å²) >= 11 is 0. The molecule has 1 aliphatic heterocycles. The molecule has 0 radical (unpaired) electrons. The zero-order chi connectivity index (χ0) is 16.9. The molecule has 1 saturated heterocycles. The maximum atomic E-state index is 11.7. The summed E-state index contributed by atoms with van der Waals surface area (Å²) in [6, 6.07) is 7.86. The molecule has 0 saturated carbocycles. The minimum absolute atomic E-state index is 0. The molecule has 25 heavy (non-hydrogen) atoms. The molecular formula is C18H23ClN4O2. The number of amides is 1. The van der Waals surface area contributed by atoms with Gasteiger partial charge >= 0.3 is 0 Å². The number of likely N-dealkylation sites (tertiary alicyclic amines) is 1. The first-order valence-corrected chi connectivity index (χ1v) is 8.20. The van der Waals surface area contributed by atoms with E-state index in [-0.39, 0.29) is 30.8 Å². The number of ether oxygens (including phenoxy) is 1. The fraction of sp³-hybridized carbons (Fsp3) is 0.389. The van der Waals surface area contributed by atoms with Gasteiger partial charge in [0.05, 0.1) is 6.54 Å². The van der Waals surface area contributed by atoms with Crippen molar-refractivity contribution in [3.63, 3.8) is 0 Å². The van der Waals surface area contributed by atoms with E-state index < -0.39 is 0 Å². The van der Waals surface area contributed by atoms with Gasteiger partial charge in [-0.3, -0.25) is 9.78 Å². The minimum Gasteiger partial charge on any atom is -0.437 e. The predicted molar refractivity (Wildman–Crippen MR) is 98.1 cm³/mol. The van der Waals surface area contributed by atoms with Gasteiger partial charge in [0.2, 0.25) is 11.8 Å². The van der Waals surface area contributed by atoms with Gasteiger partial charge in [-0.15, -0.1) is 12.4 Å². The van der Waals surface area contributed by atoms with Crippen LogP contribution in [-0.4, -0.2) is 40.4 Å². The molecule has 0 bridgehead atoms. The number of hydrogen-bond donors (Lipinski definition) is 1. The molecule has 0 atom stereocenters. The standard InChI is InChI=1S/C18H22N4O2.ClH/c1-13-2-4-15(5-3-13)24-18-17(20-8-9-21-18)14-6-10-22(11-7-14)16(23)12-19;/h2-5,8-9,14H,6-7,10-12,19H2,1H3;1H. The van der Waals surface area contributed by atoms with Crippen LogP contribution in [0.2, 0.25) is 0 Å². The van der Waals surface area contributed by atoms with Gasteiger partial charge in [-0.1, -0.05) is 17.7 Å². The summed E-state index contributed by atoms with van der Waals surface area (Å²) in [5, 5.41) is 0. The summed E-state index contributed by atoms with van der Waals surface area (Å²) in [4.78, 5) is 22.4. The zero-order valence-electron chi connectivity index (χ0n) is 14.2. The topological polar surface area (TPSA) is 81.3 Å². The van der Waals surface area contributed by atoms with Crippen LogP contribution < -0.4 is 10.5 Å². The second-order valence-corrected chi connectivity index (χ2v) is 6.02. The largest absolute Gasteiger partial charge is 0.437 e. The lowest BCUT2D eigenvalue weighted by Gasteiger charge is -2.31. The van der Waals surface area contributed by atoms with Gasteiger partial charge in [0, 0.05) is 31.4 Å². The number of benzene rings is 1. The van der Waals surface area contributed by atoms with Gasteiger partial charge in [0.15, 0.2) is 0 Å². The third kappa shape index (κ3) is 4.67. The number of nitrogens with two attached hydrogens (primary N) is 1. The number of piperidine rings is 1. The van der Waals surface area contributed by atoms with Gasteiger partial charge in [-0.25, -0.2) is 4.98 Å². The molecule has 1 amide bonds. The molecular weight excluding hydrogens is 340 g/mol.